The normalized spacial score (nSPS) is 22.3. The molecule has 0 bridgehead atoms. The third-order valence-corrected chi connectivity index (χ3v) is 4.72. The number of primary sulfonamides is 1. The third kappa shape index (κ3) is 3.93. The number of nitrogens with one attached hydrogen (secondary N) is 1. The molecule has 1 aromatic rings. The molecular weight excluding hydrogens is 310 g/mol. The van der Waals surface area contributed by atoms with Crippen LogP contribution in [-0.4, -0.2) is 32.6 Å². The van der Waals surface area contributed by atoms with Crippen LogP contribution >= 0.6 is 0 Å². The average molecular weight is 329 g/mol. The third-order valence-electron chi connectivity index (χ3n) is 3.81. The molecule has 0 radical (unpaired) electrons. The van der Waals surface area contributed by atoms with Crippen molar-refractivity contribution in [3.05, 3.63) is 28.3 Å². The van der Waals surface area contributed by atoms with Crippen molar-refractivity contribution in [3.63, 3.8) is 0 Å². The van der Waals surface area contributed by atoms with Crippen LogP contribution in [0.3, 0.4) is 0 Å². The Bertz CT molecular complexity index is 662. The zero-order chi connectivity index (χ0) is 16.3. The van der Waals surface area contributed by atoms with Gasteiger partial charge in [-0.15, -0.1) is 0 Å². The number of benzene rings is 1. The summed E-state index contributed by atoms with van der Waals surface area (Å²) < 4.78 is 27.9. The Morgan fingerprint density at radius 3 is 2.73 bits per heavy atom. The summed E-state index contributed by atoms with van der Waals surface area (Å²) in [5.41, 5.74) is -0.00906. The first-order valence-electron chi connectivity index (χ1n) is 6.92. The maximum atomic E-state index is 11.3. The molecule has 2 rings (SSSR count). The maximum absolute atomic E-state index is 11.3. The molecule has 22 heavy (non-hydrogen) atoms. The predicted molar refractivity (Wildman–Crippen MR) is 81.1 cm³/mol. The van der Waals surface area contributed by atoms with E-state index < -0.39 is 14.9 Å². The second-order valence-corrected chi connectivity index (χ2v) is 6.91. The van der Waals surface area contributed by atoms with Gasteiger partial charge in [-0.2, -0.15) is 0 Å². The van der Waals surface area contributed by atoms with Crippen LogP contribution in [0.15, 0.2) is 23.1 Å². The molecule has 0 aromatic heterocycles. The van der Waals surface area contributed by atoms with Gasteiger partial charge in [0.1, 0.15) is 5.69 Å². The minimum Gasteiger partial charge on any atom is -0.381 e. The van der Waals surface area contributed by atoms with E-state index in [1.807, 2.05) is 0 Å². The zero-order valence-corrected chi connectivity index (χ0v) is 13.0. The Kier molecular flexibility index (Phi) is 4.99. The van der Waals surface area contributed by atoms with Crippen LogP contribution in [0.4, 0.5) is 11.4 Å². The summed E-state index contributed by atoms with van der Waals surface area (Å²) in [6.07, 6.45) is 3.72. The number of hydrogen-bond donors (Lipinski definition) is 2. The Balaban J connectivity index is 2.25. The lowest BCUT2D eigenvalue weighted by Crippen LogP contribution is -2.31. The molecular formula is C13H19N3O5S. The lowest BCUT2D eigenvalue weighted by Gasteiger charge is -2.29. The molecule has 1 aromatic carbocycles. The van der Waals surface area contributed by atoms with Crippen LogP contribution in [0.1, 0.15) is 25.7 Å². The average Bonchev–Trinajstić information content (AvgIpc) is 2.46. The van der Waals surface area contributed by atoms with E-state index in [0.29, 0.717) is 5.69 Å². The number of methoxy groups -OCH3 is 1. The minimum atomic E-state index is -3.97. The number of rotatable bonds is 5. The van der Waals surface area contributed by atoms with Crippen molar-refractivity contribution in [3.8, 4) is 0 Å². The van der Waals surface area contributed by atoms with Crippen LogP contribution in [0.25, 0.3) is 0 Å². The van der Waals surface area contributed by atoms with E-state index in [9.17, 15) is 18.5 Å². The van der Waals surface area contributed by atoms with E-state index in [2.05, 4.69) is 5.32 Å². The fourth-order valence-electron chi connectivity index (χ4n) is 2.67. The fraction of sp³-hybridized carbons (Fsp3) is 0.538. The molecule has 9 heteroatoms. The van der Waals surface area contributed by atoms with Crippen molar-refractivity contribution in [1.29, 1.82) is 0 Å². The summed E-state index contributed by atoms with van der Waals surface area (Å²) in [7, 11) is -2.32. The molecule has 2 atom stereocenters. The number of nitro benzene ring substituents is 1. The first-order chi connectivity index (χ1) is 10.3. The van der Waals surface area contributed by atoms with Gasteiger partial charge in [0.2, 0.25) is 10.0 Å². The largest absolute Gasteiger partial charge is 0.381 e. The van der Waals surface area contributed by atoms with Gasteiger partial charge in [-0.25, -0.2) is 13.6 Å². The van der Waals surface area contributed by atoms with Crippen LogP contribution < -0.4 is 10.5 Å². The molecule has 1 aliphatic carbocycles. The second-order valence-electron chi connectivity index (χ2n) is 5.35. The summed E-state index contributed by atoms with van der Waals surface area (Å²) in [5, 5.41) is 19.3. The van der Waals surface area contributed by atoms with Crippen molar-refractivity contribution < 1.29 is 18.1 Å². The number of nitrogens with zero attached hydrogens (tertiary/aromatic N) is 1. The Morgan fingerprint density at radius 2 is 2.14 bits per heavy atom. The molecule has 122 valence electrons. The summed E-state index contributed by atoms with van der Waals surface area (Å²) in [6, 6.07) is 3.68. The topological polar surface area (TPSA) is 125 Å². The number of sulfonamides is 1. The van der Waals surface area contributed by atoms with Gasteiger partial charge in [-0.3, -0.25) is 10.1 Å². The van der Waals surface area contributed by atoms with Gasteiger partial charge in [0.25, 0.3) is 5.69 Å². The van der Waals surface area contributed by atoms with E-state index >= 15 is 0 Å². The number of anilines is 1. The highest BCUT2D eigenvalue weighted by Gasteiger charge is 2.25. The summed E-state index contributed by atoms with van der Waals surface area (Å²) in [6.45, 7) is 0. The SMILES string of the molecule is COC1CCCC(Nc2ccc(S(N)(=O)=O)cc2[N+](=O)[O-])C1. The number of ether oxygens (including phenoxy) is 1. The lowest BCUT2D eigenvalue weighted by molar-refractivity contribution is -0.384. The van der Waals surface area contributed by atoms with Crippen LogP contribution in [0, 0.1) is 10.1 Å². The second kappa shape index (κ2) is 6.59. The van der Waals surface area contributed by atoms with E-state index in [-0.39, 0.29) is 22.7 Å². The van der Waals surface area contributed by atoms with Gasteiger partial charge >= 0.3 is 0 Å². The van der Waals surface area contributed by atoms with Crippen molar-refractivity contribution in [2.24, 2.45) is 5.14 Å². The highest BCUT2D eigenvalue weighted by atomic mass is 32.2. The molecule has 2 unspecified atom stereocenters. The van der Waals surface area contributed by atoms with Gasteiger partial charge in [0, 0.05) is 19.2 Å². The lowest BCUT2D eigenvalue weighted by atomic mass is 9.92. The summed E-state index contributed by atoms with van der Waals surface area (Å²) in [4.78, 5) is 10.3. The van der Waals surface area contributed by atoms with E-state index in [4.69, 9.17) is 9.88 Å². The Labute approximate surface area is 128 Å². The first-order valence-corrected chi connectivity index (χ1v) is 8.46. The number of nitro groups is 1. The van der Waals surface area contributed by atoms with Crippen LogP contribution in [0.2, 0.25) is 0 Å². The fourth-order valence-corrected chi connectivity index (χ4v) is 3.21. The van der Waals surface area contributed by atoms with Crippen LogP contribution in [0.5, 0.6) is 0 Å². The Morgan fingerprint density at radius 1 is 1.41 bits per heavy atom. The van der Waals surface area contributed by atoms with Gasteiger partial charge in [-0.05, 0) is 37.8 Å². The van der Waals surface area contributed by atoms with Gasteiger partial charge in [0.15, 0.2) is 0 Å². The summed E-state index contributed by atoms with van der Waals surface area (Å²) in [5.74, 6) is 0. The predicted octanol–water partition coefficient (Wildman–Crippen LogP) is 1.61. The monoisotopic (exact) mass is 329 g/mol. The van der Waals surface area contributed by atoms with Crippen molar-refractivity contribution in [1.82, 2.24) is 0 Å². The molecule has 8 nitrogen and oxygen atoms in total. The molecule has 0 heterocycles. The molecule has 0 saturated heterocycles. The smallest absolute Gasteiger partial charge is 0.293 e. The molecule has 0 aliphatic heterocycles. The van der Waals surface area contributed by atoms with Gasteiger partial charge in [0.05, 0.1) is 15.9 Å². The quantitative estimate of drug-likeness (QED) is 0.624. The molecule has 1 fully saturated rings. The van der Waals surface area contributed by atoms with Crippen molar-refractivity contribution in [2.75, 3.05) is 12.4 Å². The Hall–Kier alpha value is -1.71. The van der Waals surface area contributed by atoms with E-state index in [1.54, 1.807) is 7.11 Å². The van der Waals surface area contributed by atoms with Crippen molar-refractivity contribution in [2.45, 2.75) is 42.7 Å². The van der Waals surface area contributed by atoms with Gasteiger partial charge in [-0.1, -0.05) is 0 Å². The highest BCUT2D eigenvalue weighted by Crippen LogP contribution is 2.30. The molecule has 1 saturated carbocycles. The standard InChI is InChI=1S/C13H19N3O5S/c1-21-10-4-2-3-9(7-10)15-12-6-5-11(22(14,19)20)8-13(12)16(17)18/h5-6,8-10,15H,2-4,7H2,1H3,(H2,14,19,20). The number of nitrogens with two attached hydrogens (primary N) is 1. The molecule has 1 aliphatic rings. The molecule has 3 N–H and O–H groups in total. The summed E-state index contributed by atoms with van der Waals surface area (Å²) >= 11 is 0. The number of hydrogen-bond acceptors (Lipinski definition) is 6. The molecule has 0 spiro atoms. The van der Waals surface area contributed by atoms with E-state index in [0.717, 1.165) is 31.7 Å². The first kappa shape index (κ1) is 16.7. The maximum Gasteiger partial charge on any atom is 0.293 e. The molecule has 0 amide bonds. The van der Waals surface area contributed by atoms with E-state index in [1.165, 1.54) is 12.1 Å². The van der Waals surface area contributed by atoms with Crippen LogP contribution in [-0.2, 0) is 14.8 Å². The minimum absolute atomic E-state index is 0.0535. The zero-order valence-electron chi connectivity index (χ0n) is 12.2. The highest BCUT2D eigenvalue weighted by molar-refractivity contribution is 7.89. The van der Waals surface area contributed by atoms with Crippen molar-refractivity contribution >= 4 is 21.4 Å². The van der Waals surface area contributed by atoms with Gasteiger partial charge < -0.3 is 10.1 Å².